The van der Waals surface area contributed by atoms with Crippen LogP contribution >= 0.6 is 0 Å². The predicted molar refractivity (Wildman–Crippen MR) is 121 cm³/mol. The van der Waals surface area contributed by atoms with E-state index < -0.39 is 16.4 Å². The Hall–Kier alpha value is -3.69. The van der Waals surface area contributed by atoms with Gasteiger partial charge < -0.3 is 14.0 Å². The van der Waals surface area contributed by atoms with Crippen molar-refractivity contribution < 1.29 is 19.2 Å². The third kappa shape index (κ3) is 6.40. The Morgan fingerprint density at radius 2 is 2.06 bits per heavy atom. The monoisotopic (exact) mass is 444 g/mol. The van der Waals surface area contributed by atoms with Crippen LogP contribution < -0.4 is 20.5 Å². The zero-order valence-corrected chi connectivity index (χ0v) is 18.5. The van der Waals surface area contributed by atoms with Gasteiger partial charge in [0.15, 0.2) is 5.75 Å². The Labute approximate surface area is 186 Å². The largest absolute Gasteiger partial charge is 0.493 e. The van der Waals surface area contributed by atoms with Crippen LogP contribution in [0, 0.1) is 10.1 Å². The Bertz CT molecular complexity index is 1030. The highest BCUT2D eigenvalue weighted by atomic mass is 16.6. The second-order valence-electron chi connectivity index (χ2n) is 6.95. The third-order valence-electron chi connectivity index (χ3n) is 4.70. The van der Waals surface area contributed by atoms with Gasteiger partial charge in [-0.15, -0.1) is 0 Å². The standard InChI is InChI=1S/C22H28N4O6/c1-4-6-7-8-12-32-20-18(26(29)30)13-16(14-19(20)31-3)15-23-24-21(27)17-10-9-11-25(5-2)22(17)28/h9-11,13-15H,4-8,12H2,1-3H3,(H,24,27)/b23-15-. The van der Waals surface area contributed by atoms with E-state index in [-0.39, 0.29) is 22.7 Å². The second-order valence-corrected chi connectivity index (χ2v) is 6.95. The van der Waals surface area contributed by atoms with Gasteiger partial charge in [-0.05, 0) is 31.5 Å². The predicted octanol–water partition coefficient (Wildman–Crippen LogP) is 3.51. The van der Waals surface area contributed by atoms with E-state index in [1.165, 1.54) is 36.1 Å². The number of nitrogens with one attached hydrogen (secondary N) is 1. The minimum absolute atomic E-state index is 0.0538. The smallest absolute Gasteiger partial charge is 0.315 e. The molecular formula is C22H28N4O6. The van der Waals surface area contributed by atoms with Crippen molar-refractivity contribution in [2.45, 2.75) is 46.1 Å². The Balaban J connectivity index is 2.18. The highest BCUT2D eigenvalue weighted by Crippen LogP contribution is 2.38. The van der Waals surface area contributed by atoms with E-state index in [0.29, 0.717) is 18.7 Å². The molecule has 32 heavy (non-hydrogen) atoms. The van der Waals surface area contributed by atoms with Gasteiger partial charge in [0.25, 0.3) is 11.5 Å². The first kappa shape index (κ1) is 24.6. The van der Waals surface area contributed by atoms with Gasteiger partial charge in [0.05, 0.1) is 24.9 Å². The molecule has 10 nitrogen and oxygen atoms in total. The molecule has 0 saturated carbocycles. The van der Waals surface area contributed by atoms with Crippen LogP contribution in [-0.2, 0) is 6.54 Å². The topological polar surface area (TPSA) is 125 Å². The molecule has 1 aromatic heterocycles. The summed E-state index contributed by atoms with van der Waals surface area (Å²) < 4.78 is 12.3. The van der Waals surface area contributed by atoms with Crippen LogP contribution in [-0.4, -0.2) is 35.3 Å². The van der Waals surface area contributed by atoms with Gasteiger partial charge in [0.2, 0.25) is 5.75 Å². The fourth-order valence-corrected chi connectivity index (χ4v) is 3.00. The molecule has 0 unspecified atom stereocenters. The van der Waals surface area contributed by atoms with Crippen molar-refractivity contribution in [3.63, 3.8) is 0 Å². The maximum Gasteiger partial charge on any atom is 0.315 e. The molecule has 0 spiro atoms. The number of methoxy groups -OCH3 is 1. The lowest BCUT2D eigenvalue weighted by atomic mass is 10.1. The zero-order chi connectivity index (χ0) is 23.5. The van der Waals surface area contributed by atoms with Crippen molar-refractivity contribution in [2.24, 2.45) is 5.10 Å². The molecule has 2 rings (SSSR count). The summed E-state index contributed by atoms with van der Waals surface area (Å²) in [5, 5.41) is 15.4. The highest BCUT2D eigenvalue weighted by molar-refractivity contribution is 5.94. The van der Waals surface area contributed by atoms with Gasteiger partial charge in [0, 0.05) is 24.4 Å². The summed E-state index contributed by atoms with van der Waals surface area (Å²) in [7, 11) is 1.39. The average Bonchev–Trinajstić information content (AvgIpc) is 2.79. The first-order chi connectivity index (χ1) is 15.4. The lowest BCUT2D eigenvalue weighted by Crippen LogP contribution is -2.30. The molecule has 0 radical (unpaired) electrons. The normalized spacial score (nSPS) is 10.8. The van der Waals surface area contributed by atoms with E-state index in [1.54, 1.807) is 19.2 Å². The summed E-state index contributed by atoms with van der Waals surface area (Å²) in [6.45, 7) is 4.66. The fourth-order valence-electron chi connectivity index (χ4n) is 3.00. The summed E-state index contributed by atoms with van der Waals surface area (Å²) in [4.78, 5) is 35.5. The lowest BCUT2D eigenvalue weighted by molar-refractivity contribution is -0.386. The SMILES string of the molecule is CCCCCCOc1c(OC)cc(/C=N\NC(=O)c2cccn(CC)c2=O)cc1[N+](=O)[O-]. The maximum atomic E-state index is 12.3. The quantitative estimate of drug-likeness (QED) is 0.231. The van der Waals surface area contributed by atoms with E-state index >= 15 is 0 Å². The Morgan fingerprint density at radius 3 is 2.72 bits per heavy atom. The number of aryl methyl sites for hydroxylation is 1. The van der Waals surface area contributed by atoms with Crippen molar-refractivity contribution >= 4 is 17.8 Å². The summed E-state index contributed by atoms with van der Waals surface area (Å²) >= 11 is 0. The molecule has 0 atom stereocenters. The molecule has 1 aromatic carbocycles. The summed E-state index contributed by atoms with van der Waals surface area (Å²) in [6.07, 6.45) is 6.72. The summed E-state index contributed by atoms with van der Waals surface area (Å²) in [6, 6.07) is 5.81. The van der Waals surface area contributed by atoms with Gasteiger partial charge >= 0.3 is 5.69 Å². The highest BCUT2D eigenvalue weighted by Gasteiger charge is 2.22. The molecule has 1 amide bonds. The maximum absolute atomic E-state index is 12.3. The number of ether oxygens (including phenoxy) is 2. The lowest BCUT2D eigenvalue weighted by Gasteiger charge is -2.12. The van der Waals surface area contributed by atoms with Crippen LogP contribution in [0.25, 0.3) is 0 Å². The number of amides is 1. The molecule has 172 valence electrons. The molecule has 1 heterocycles. The first-order valence-electron chi connectivity index (χ1n) is 10.4. The van der Waals surface area contributed by atoms with Crippen molar-refractivity contribution in [3.8, 4) is 11.5 Å². The van der Waals surface area contributed by atoms with Crippen LogP contribution in [0.15, 0.2) is 40.4 Å². The molecule has 0 bridgehead atoms. The van der Waals surface area contributed by atoms with Gasteiger partial charge in [-0.25, -0.2) is 5.43 Å². The van der Waals surface area contributed by atoms with Gasteiger partial charge in [-0.1, -0.05) is 26.2 Å². The number of hydrogen-bond donors (Lipinski definition) is 1. The second kappa shape index (κ2) is 12.2. The molecule has 0 aliphatic rings. The van der Waals surface area contributed by atoms with Crippen LogP contribution in [0.5, 0.6) is 11.5 Å². The number of nitro benzene ring substituents is 1. The molecule has 10 heteroatoms. The number of carbonyl (C=O) groups excluding carboxylic acids is 1. The minimum atomic E-state index is -0.678. The molecule has 0 fully saturated rings. The number of nitro groups is 1. The van der Waals surface area contributed by atoms with Crippen molar-refractivity contribution in [3.05, 3.63) is 62.1 Å². The Kier molecular flexibility index (Phi) is 9.40. The molecule has 0 aliphatic carbocycles. The first-order valence-corrected chi connectivity index (χ1v) is 10.4. The van der Waals surface area contributed by atoms with E-state index in [4.69, 9.17) is 9.47 Å². The van der Waals surface area contributed by atoms with Crippen LogP contribution in [0.3, 0.4) is 0 Å². The number of hydrogen-bond acceptors (Lipinski definition) is 7. The number of carbonyl (C=O) groups is 1. The molecular weight excluding hydrogens is 416 g/mol. The van der Waals surface area contributed by atoms with E-state index in [9.17, 15) is 19.7 Å². The van der Waals surface area contributed by atoms with Gasteiger partial charge in [-0.2, -0.15) is 5.10 Å². The van der Waals surface area contributed by atoms with Crippen molar-refractivity contribution in [1.29, 1.82) is 0 Å². The zero-order valence-electron chi connectivity index (χ0n) is 18.5. The number of aromatic nitrogens is 1. The van der Waals surface area contributed by atoms with Crippen LogP contribution in [0.1, 0.15) is 55.5 Å². The van der Waals surface area contributed by atoms with Crippen molar-refractivity contribution in [1.82, 2.24) is 9.99 Å². The fraction of sp³-hybridized carbons (Fsp3) is 0.409. The Morgan fingerprint density at radius 1 is 1.28 bits per heavy atom. The number of pyridine rings is 1. The number of benzene rings is 1. The summed E-state index contributed by atoms with van der Waals surface area (Å²) in [5.74, 6) is -0.432. The minimum Gasteiger partial charge on any atom is -0.493 e. The van der Waals surface area contributed by atoms with E-state index in [1.807, 2.05) is 0 Å². The molecule has 1 N–H and O–H groups in total. The molecule has 2 aromatic rings. The number of hydrazone groups is 1. The van der Waals surface area contributed by atoms with E-state index in [2.05, 4.69) is 17.5 Å². The summed E-state index contributed by atoms with van der Waals surface area (Å²) in [5.41, 5.74) is 1.85. The van der Waals surface area contributed by atoms with Crippen molar-refractivity contribution in [2.75, 3.05) is 13.7 Å². The van der Waals surface area contributed by atoms with Crippen LogP contribution in [0.2, 0.25) is 0 Å². The number of unbranched alkanes of at least 4 members (excludes halogenated alkanes) is 3. The average molecular weight is 444 g/mol. The number of rotatable bonds is 12. The third-order valence-corrected chi connectivity index (χ3v) is 4.70. The molecule has 0 aliphatic heterocycles. The molecule has 0 saturated heterocycles. The van der Waals surface area contributed by atoms with E-state index in [0.717, 1.165) is 25.7 Å². The van der Waals surface area contributed by atoms with Crippen LogP contribution in [0.4, 0.5) is 5.69 Å². The van der Waals surface area contributed by atoms with Gasteiger partial charge in [-0.3, -0.25) is 19.7 Å². The number of nitrogens with zero attached hydrogens (tertiary/aromatic N) is 3. The van der Waals surface area contributed by atoms with Gasteiger partial charge in [0.1, 0.15) is 5.56 Å².